The van der Waals surface area contributed by atoms with Gasteiger partial charge in [0.15, 0.2) is 0 Å². The van der Waals surface area contributed by atoms with E-state index in [9.17, 15) is 20.1 Å². The number of aliphatic carboxylic acids is 1. The number of hydrogen-bond donors (Lipinski definition) is 4. The fraction of sp³-hybridized carbons (Fsp3) is 0.591. The predicted octanol–water partition coefficient (Wildman–Crippen LogP) is 3.38. The van der Waals surface area contributed by atoms with Gasteiger partial charge in [-0.1, -0.05) is 55.5 Å². The van der Waals surface area contributed by atoms with Gasteiger partial charge in [0.1, 0.15) is 0 Å². The molecular weight excluding hydrogens is 344 g/mol. The molecule has 1 aliphatic rings. The molecule has 1 saturated carbocycles. The van der Waals surface area contributed by atoms with Crippen LogP contribution in [0.15, 0.2) is 48.6 Å². The van der Waals surface area contributed by atoms with Crippen molar-refractivity contribution >= 4 is 5.97 Å². The molecule has 1 aliphatic carbocycles. The molecular formula is C22H34O5. The maximum atomic E-state index is 10.4. The first-order valence-electron chi connectivity index (χ1n) is 9.85. The van der Waals surface area contributed by atoms with Gasteiger partial charge in [-0.2, -0.15) is 0 Å². The van der Waals surface area contributed by atoms with Crippen LogP contribution in [0.2, 0.25) is 0 Å². The zero-order valence-electron chi connectivity index (χ0n) is 16.2. The number of carboxylic acid groups (broad SMARTS) is 1. The summed E-state index contributed by atoms with van der Waals surface area (Å²) >= 11 is 0. The number of allylic oxidation sites excluding steroid dienone is 5. The highest BCUT2D eigenvalue weighted by atomic mass is 16.4. The Balaban J connectivity index is 2.49. The molecule has 0 saturated heterocycles. The van der Waals surface area contributed by atoms with Crippen LogP contribution in [0.5, 0.6) is 0 Å². The van der Waals surface area contributed by atoms with Gasteiger partial charge in [0.25, 0.3) is 0 Å². The fourth-order valence-electron chi connectivity index (χ4n) is 3.29. The van der Waals surface area contributed by atoms with Crippen molar-refractivity contribution in [2.24, 2.45) is 11.8 Å². The third kappa shape index (κ3) is 9.70. The number of rotatable bonds is 12. The monoisotopic (exact) mass is 378 g/mol. The maximum Gasteiger partial charge on any atom is 0.303 e. The average Bonchev–Trinajstić information content (AvgIpc) is 2.88. The molecule has 152 valence electrons. The quantitative estimate of drug-likeness (QED) is 0.390. The largest absolute Gasteiger partial charge is 0.481 e. The van der Waals surface area contributed by atoms with E-state index in [4.69, 9.17) is 5.11 Å². The van der Waals surface area contributed by atoms with Crippen molar-refractivity contribution in [3.05, 3.63) is 48.6 Å². The normalized spacial score (nSPS) is 27.6. The van der Waals surface area contributed by atoms with Crippen LogP contribution in [0.3, 0.4) is 0 Å². The summed E-state index contributed by atoms with van der Waals surface area (Å²) in [4.78, 5) is 10.4. The van der Waals surface area contributed by atoms with Crippen molar-refractivity contribution in [2.75, 3.05) is 0 Å². The molecule has 0 aromatic carbocycles. The highest BCUT2D eigenvalue weighted by Gasteiger charge is 2.39. The highest BCUT2D eigenvalue weighted by molar-refractivity contribution is 5.66. The van der Waals surface area contributed by atoms with Crippen LogP contribution in [-0.4, -0.2) is 44.7 Å². The Morgan fingerprint density at radius 3 is 2.52 bits per heavy atom. The van der Waals surface area contributed by atoms with Crippen molar-refractivity contribution in [3.63, 3.8) is 0 Å². The van der Waals surface area contributed by atoms with Gasteiger partial charge in [-0.05, 0) is 38.0 Å². The molecule has 0 spiro atoms. The second-order valence-electron chi connectivity index (χ2n) is 7.03. The van der Waals surface area contributed by atoms with E-state index >= 15 is 0 Å². The second kappa shape index (κ2) is 13.5. The molecule has 0 radical (unpaired) electrons. The molecule has 5 nitrogen and oxygen atoms in total. The second-order valence-corrected chi connectivity index (χ2v) is 7.03. The van der Waals surface area contributed by atoms with Crippen molar-refractivity contribution in [1.29, 1.82) is 0 Å². The van der Waals surface area contributed by atoms with Gasteiger partial charge in [-0.25, -0.2) is 0 Å². The lowest BCUT2D eigenvalue weighted by Crippen LogP contribution is -2.20. The minimum atomic E-state index is -0.838. The average molecular weight is 379 g/mol. The molecule has 0 bridgehead atoms. The molecule has 0 aromatic rings. The van der Waals surface area contributed by atoms with Crippen molar-refractivity contribution in [3.8, 4) is 0 Å². The Morgan fingerprint density at radius 2 is 1.81 bits per heavy atom. The van der Waals surface area contributed by atoms with Crippen molar-refractivity contribution in [2.45, 2.75) is 70.2 Å². The van der Waals surface area contributed by atoms with Gasteiger partial charge in [0.2, 0.25) is 0 Å². The van der Waals surface area contributed by atoms with Crippen molar-refractivity contribution < 1.29 is 25.2 Å². The van der Waals surface area contributed by atoms with Gasteiger partial charge in [0, 0.05) is 18.8 Å². The molecule has 0 heterocycles. The first kappa shape index (κ1) is 23.3. The zero-order valence-corrected chi connectivity index (χ0v) is 16.2. The van der Waals surface area contributed by atoms with E-state index in [1.165, 1.54) is 0 Å². The van der Waals surface area contributed by atoms with Crippen molar-refractivity contribution in [1.82, 2.24) is 0 Å². The fourth-order valence-corrected chi connectivity index (χ4v) is 3.29. The summed E-state index contributed by atoms with van der Waals surface area (Å²) in [5, 5.41) is 39.0. The first-order valence-corrected chi connectivity index (χ1v) is 9.85. The minimum absolute atomic E-state index is 0.0547. The molecule has 0 aromatic heterocycles. The summed E-state index contributed by atoms with van der Waals surface area (Å²) in [5.74, 6) is -1.07. The first-order chi connectivity index (χ1) is 13.0. The molecule has 5 heteroatoms. The lowest BCUT2D eigenvalue weighted by atomic mass is 9.89. The molecule has 1 rings (SSSR count). The molecule has 5 unspecified atom stereocenters. The number of hydrogen-bond acceptors (Lipinski definition) is 4. The van der Waals surface area contributed by atoms with Gasteiger partial charge in [0.05, 0.1) is 18.3 Å². The van der Waals surface area contributed by atoms with E-state index in [0.29, 0.717) is 25.7 Å². The topological polar surface area (TPSA) is 98.0 Å². The smallest absolute Gasteiger partial charge is 0.303 e. The summed E-state index contributed by atoms with van der Waals surface area (Å²) in [7, 11) is 0. The molecule has 0 amide bonds. The summed E-state index contributed by atoms with van der Waals surface area (Å²) in [6.07, 6.45) is 17.4. The Bertz CT molecular complexity index is 535. The van der Waals surface area contributed by atoms with E-state index in [0.717, 1.165) is 12.8 Å². The van der Waals surface area contributed by atoms with Gasteiger partial charge in [-0.15, -0.1) is 0 Å². The van der Waals surface area contributed by atoms with Crippen LogP contribution in [0.4, 0.5) is 0 Å². The summed E-state index contributed by atoms with van der Waals surface area (Å²) in [6, 6.07) is 0. The SMILES string of the molecule is CC/C=C\C/C=C\CC1C(O)CC(O)C1/C=C/C(O)C/C=C\CCC(=O)O. The number of carbonyl (C=O) groups is 1. The summed E-state index contributed by atoms with van der Waals surface area (Å²) in [5.41, 5.74) is 0. The maximum absolute atomic E-state index is 10.4. The minimum Gasteiger partial charge on any atom is -0.481 e. The molecule has 27 heavy (non-hydrogen) atoms. The predicted molar refractivity (Wildman–Crippen MR) is 107 cm³/mol. The Hall–Kier alpha value is -1.69. The number of carboxylic acids is 1. The van der Waals surface area contributed by atoms with Gasteiger partial charge in [-0.3, -0.25) is 4.79 Å². The summed E-state index contributed by atoms with van der Waals surface area (Å²) in [6.45, 7) is 2.09. The van der Waals surface area contributed by atoms with Crippen LogP contribution in [0.25, 0.3) is 0 Å². The van der Waals surface area contributed by atoms with Crippen LogP contribution in [0, 0.1) is 11.8 Å². The van der Waals surface area contributed by atoms with Gasteiger partial charge >= 0.3 is 5.97 Å². The molecule has 1 fully saturated rings. The Morgan fingerprint density at radius 1 is 1.07 bits per heavy atom. The van der Waals surface area contributed by atoms with Crippen LogP contribution in [0.1, 0.15) is 51.9 Å². The van der Waals surface area contributed by atoms with Crippen LogP contribution in [-0.2, 0) is 4.79 Å². The third-order valence-corrected chi connectivity index (χ3v) is 4.79. The van der Waals surface area contributed by atoms with E-state index in [1.807, 2.05) is 12.2 Å². The van der Waals surface area contributed by atoms with E-state index < -0.39 is 24.3 Å². The highest BCUT2D eigenvalue weighted by Crippen LogP contribution is 2.36. The van der Waals surface area contributed by atoms with E-state index in [2.05, 4.69) is 25.2 Å². The number of aliphatic hydroxyl groups is 3. The van der Waals surface area contributed by atoms with Gasteiger partial charge < -0.3 is 20.4 Å². The van der Waals surface area contributed by atoms with E-state index in [1.54, 1.807) is 18.2 Å². The van der Waals surface area contributed by atoms with Crippen LogP contribution < -0.4 is 0 Å². The zero-order chi connectivity index (χ0) is 20.1. The van der Waals surface area contributed by atoms with E-state index in [-0.39, 0.29) is 18.3 Å². The molecule has 4 N–H and O–H groups in total. The molecule has 5 atom stereocenters. The summed E-state index contributed by atoms with van der Waals surface area (Å²) < 4.78 is 0. The Kier molecular flexibility index (Phi) is 11.7. The van der Waals surface area contributed by atoms with Crippen LogP contribution >= 0.6 is 0 Å². The lowest BCUT2D eigenvalue weighted by Gasteiger charge is -2.19. The number of aliphatic hydroxyl groups excluding tert-OH is 3. The standard InChI is InChI=1S/C22H34O5/c1-2-3-4-5-6-9-12-18-19(21(25)16-20(18)24)15-14-17(23)11-8-7-10-13-22(26)27/h3-4,6-9,14-15,17-21,23-25H,2,5,10-13,16H2,1H3,(H,26,27)/b4-3-,8-7-,9-6-,15-14+. The lowest BCUT2D eigenvalue weighted by molar-refractivity contribution is -0.136. The molecule has 0 aliphatic heterocycles. The third-order valence-electron chi connectivity index (χ3n) is 4.79. The Labute approximate surface area is 162 Å².